The molecular weight excluding hydrogens is 706 g/mol. The highest BCUT2D eigenvalue weighted by molar-refractivity contribution is 9.11. The number of nitrogens with one attached hydrogen (secondary N) is 1. The number of ether oxygens (including phenoxy) is 1. The first kappa shape index (κ1) is 36.7. The van der Waals surface area contributed by atoms with Crippen molar-refractivity contribution in [2.75, 3.05) is 60.5 Å². The Morgan fingerprint density at radius 2 is 1.44 bits per heavy atom. The van der Waals surface area contributed by atoms with Gasteiger partial charge in [0.05, 0.1) is 27.2 Å². The number of carbonyl (C=O) groups excluding carboxylic acids is 3. The van der Waals surface area contributed by atoms with Crippen LogP contribution in [0.2, 0.25) is 0 Å². The average Bonchev–Trinajstić information content (AvgIpc) is 3.21. The Bertz CT molecular complexity index is 1240. The van der Waals surface area contributed by atoms with Crippen LogP contribution in [-0.2, 0) is 11.2 Å². The van der Waals surface area contributed by atoms with Gasteiger partial charge in [-0.1, -0.05) is 17.3 Å². The van der Waals surface area contributed by atoms with E-state index in [1.807, 2.05) is 12.1 Å². The molecule has 0 spiro atoms. The van der Waals surface area contributed by atoms with Gasteiger partial charge in [-0.15, -0.1) is 12.4 Å². The third-order valence-electron chi connectivity index (χ3n) is 7.15. The fraction of sp³-hybridized carbons (Fsp3) is 0.467. The molecule has 0 radical (unpaired) electrons. The van der Waals surface area contributed by atoms with E-state index in [-0.39, 0.29) is 36.4 Å². The van der Waals surface area contributed by atoms with Gasteiger partial charge < -0.3 is 25.1 Å². The van der Waals surface area contributed by atoms with Gasteiger partial charge in [0.25, 0.3) is 17.7 Å². The Balaban J connectivity index is 0.00000645. The summed E-state index contributed by atoms with van der Waals surface area (Å²) in [6.45, 7) is 4.44. The number of oxime groups is 1. The molecule has 10 nitrogen and oxygen atoms in total. The number of hydrogen-bond acceptors (Lipinski definition) is 8. The van der Waals surface area contributed by atoms with Crippen LogP contribution >= 0.6 is 44.3 Å². The smallest absolute Gasteiger partial charge is 0.269 e. The molecule has 236 valence electrons. The maximum atomic E-state index is 12.5. The molecule has 3 rings (SSSR count). The molecule has 2 aromatic carbocycles. The van der Waals surface area contributed by atoms with E-state index in [2.05, 4.69) is 66.2 Å². The predicted molar refractivity (Wildman–Crippen MR) is 177 cm³/mol. The lowest BCUT2D eigenvalue weighted by Crippen LogP contribution is -2.34. The van der Waals surface area contributed by atoms with Crippen molar-refractivity contribution in [3.8, 4) is 5.75 Å². The van der Waals surface area contributed by atoms with Crippen LogP contribution in [0, 0.1) is 0 Å². The minimum absolute atomic E-state index is 0. The number of amides is 3. The Labute approximate surface area is 276 Å². The first-order valence-corrected chi connectivity index (χ1v) is 15.6. The summed E-state index contributed by atoms with van der Waals surface area (Å²) in [5.41, 5.74) is 1.83. The standard InChI is InChI=1S/C30H39Br2N5O5.ClH/c1-35(15-8-12-33-28(38)26(34-41)20-21-18-24(31)27(42-3)25(32)19-21)13-6-7-14-36(2)16-9-17-37-29(39)22-10-4-5-11-23(22)30(37)40;/h4-5,10-11,18-19,41H,6-9,12-17,20H2,1-3H3,(H,33,38);1H/b34-26+;. The molecule has 3 amide bonds. The van der Waals surface area contributed by atoms with Gasteiger partial charge in [-0.3, -0.25) is 19.3 Å². The van der Waals surface area contributed by atoms with Crippen molar-refractivity contribution in [3.63, 3.8) is 0 Å². The molecule has 0 saturated heterocycles. The summed E-state index contributed by atoms with van der Waals surface area (Å²) in [5, 5.41) is 15.4. The van der Waals surface area contributed by atoms with Crippen molar-refractivity contribution in [1.29, 1.82) is 0 Å². The number of benzene rings is 2. The van der Waals surface area contributed by atoms with Gasteiger partial charge in [0, 0.05) is 19.5 Å². The normalized spacial score (nSPS) is 13.0. The van der Waals surface area contributed by atoms with Gasteiger partial charge >= 0.3 is 0 Å². The Hall–Kier alpha value is -2.51. The topological polar surface area (TPSA) is 115 Å². The van der Waals surface area contributed by atoms with Crippen molar-refractivity contribution in [3.05, 3.63) is 62.0 Å². The van der Waals surface area contributed by atoms with Gasteiger partial charge in [0.1, 0.15) is 11.5 Å². The fourth-order valence-corrected chi connectivity index (χ4v) is 6.45. The highest BCUT2D eigenvalue weighted by Crippen LogP contribution is 2.34. The molecule has 0 unspecified atom stereocenters. The largest absolute Gasteiger partial charge is 0.494 e. The maximum Gasteiger partial charge on any atom is 0.269 e. The number of rotatable bonds is 17. The number of fused-ring (bicyclic) bond motifs is 1. The molecule has 0 bridgehead atoms. The van der Waals surface area contributed by atoms with E-state index in [0.717, 1.165) is 66.4 Å². The van der Waals surface area contributed by atoms with Crippen LogP contribution in [0.4, 0.5) is 0 Å². The average molecular weight is 746 g/mol. The quantitative estimate of drug-likeness (QED) is 0.0783. The summed E-state index contributed by atoms with van der Waals surface area (Å²) < 4.78 is 6.78. The molecule has 2 aromatic rings. The number of hydrogen-bond donors (Lipinski definition) is 2. The first-order valence-electron chi connectivity index (χ1n) is 14.0. The third-order valence-corrected chi connectivity index (χ3v) is 8.33. The molecule has 0 aliphatic carbocycles. The number of imide groups is 1. The Morgan fingerprint density at radius 3 is 1.95 bits per heavy atom. The molecule has 1 heterocycles. The first-order chi connectivity index (χ1) is 20.2. The molecule has 0 fully saturated rings. The van der Waals surface area contributed by atoms with Crippen molar-refractivity contribution in [2.45, 2.75) is 32.1 Å². The van der Waals surface area contributed by atoms with Gasteiger partial charge in [0.2, 0.25) is 0 Å². The lowest BCUT2D eigenvalue weighted by Gasteiger charge is -2.20. The number of carbonyl (C=O) groups is 3. The van der Waals surface area contributed by atoms with E-state index >= 15 is 0 Å². The summed E-state index contributed by atoms with van der Waals surface area (Å²) >= 11 is 6.89. The summed E-state index contributed by atoms with van der Waals surface area (Å²) in [5.74, 6) is -0.134. The van der Waals surface area contributed by atoms with Crippen molar-refractivity contribution >= 4 is 67.7 Å². The molecule has 0 saturated carbocycles. The van der Waals surface area contributed by atoms with Gasteiger partial charge in [-0.25, -0.2) is 0 Å². The molecule has 43 heavy (non-hydrogen) atoms. The van der Waals surface area contributed by atoms with E-state index in [9.17, 15) is 19.6 Å². The van der Waals surface area contributed by atoms with E-state index < -0.39 is 5.91 Å². The summed E-state index contributed by atoms with van der Waals surface area (Å²) in [6, 6.07) is 10.6. The van der Waals surface area contributed by atoms with Gasteiger partial charge in [-0.2, -0.15) is 0 Å². The molecule has 1 aliphatic heterocycles. The van der Waals surface area contributed by atoms with E-state index in [1.165, 1.54) is 4.90 Å². The molecule has 2 N–H and O–H groups in total. The van der Waals surface area contributed by atoms with Gasteiger partial charge in [-0.05, 0) is 128 Å². The maximum absolute atomic E-state index is 12.5. The SMILES string of the molecule is COc1c(Br)cc(C/C(=N\O)C(=O)NCCCN(C)CCCCN(C)CCCN2C(=O)c3ccccc3C2=O)cc1Br.Cl. The monoisotopic (exact) mass is 743 g/mol. The number of methoxy groups -OCH3 is 1. The van der Waals surface area contributed by atoms with Crippen LogP contribution in [0.1, 0.15) is 52.0 Å². The lowest BCUT2D eigenvalue weighted by molar-refractivity contribution is -0.115. The predicted octanol–water partition coefficient (Wildman–Crippen LogP) is 4.85. The number of unbranched alkanes of at least 4 members (excludes halogenated alkanes) is 1. The number of nitrogens with zero attached hydrogens (tertiary/aromatic N) is 4. The zero-order valence-electron chi connectivity index (χ0n) is 24.8. The highest BCUT2D eigenvalue weighted by Gasteiger charge is 2.34. The zero-order chi connectivity index (χ0) is 30.6. The zero-order valence-corrected chi connectivity index (χ0v) is 28.8. The summed E-state index contributed by atoms with van der Waals surface area (Å²) in [4.78, 5) is 43.3. The van der Waals surface area contributed by atoms with Crippen LogP contribution < -0.4 is 10.1 Å². The second kappa shape index (κ2) is 18.3. The Kier molecular flexibility index (Phi) is 15.6. The van der Waals surface area contributed by atoms with Crippen LogP contribution in [0.3, 0.4) is 0 Å². The molecule has 0 aromatic heterocycles. The minimum Gasteiger partial charge on any atom is -0.494 e. The summed E-state index contributed by atoms with van der Waals surface area (Å²) in [6.07, 6.45) is 3.78. The fourth-order valence-electron chi connectivity index (χ4n) is 4.84. The Morgan fingerprint density at radius 1 is 0.930 bits per heavy atom. The second-order valence-corrected chi connectivity index (χ2v) is 12.1. The summed E-state index contributed by atoms with van der Waals surface area (Å²) in [7, 11) is 5.70. The molecular formula is C30H40Br2ClN5O5. The van der Waals surface area contributed by atoms with E-state index in [0.29, 0.717) is 30.0 Å². The minimum atomic E-state index is -0.394. The van der Waals surface area contributed by atoms with Crippen LogP contribution in [0.15, 0.2) is 50.5 Å². The van der Waals surface area contributed by atoms with Crippen LogP contribution in [-0.4, -0.2) is 104 Å². The van der Waals surface area contributed by atoms with E-state index in [4.69, 9.17) is 4.74 Å². The molecule has 0 atom stereocenters. The second-order valence-electron chi connectivity index (χ2n) is 10.4. The number of halogens is 3. The van der Waals surface area contributed by atoms with Gasteiger partial charge in [0.15, 0.2) is 0 Å². The molecule has 13 heteroatoms. The van der Waals surface area contributed by atoms with Crippen molar-refractivity contribution in [2.24, 2.45) is 5.16 Å². The molecule has 1 aliphatic rings. The van der Waals surface area contributed by atoms with Crippen molar-refractivity contribution < 1.29 is 24.3 Å². The van der Waals surface area contributed by atoms with Crippen molar-refractivity contribution in [1.82, 2.24) is 20.0 Å². The van der Waals surface area contributed by atoms with Crippen LogP contribution in [0.25, 0.3) is 0 Å². The highest BCUT2D eigenvalue weighted by atomic mass is 79.9. The lowest BCUT2D eigenvalue weighted by atomic mass is 10.1. The van der Waals surface area contributed by atoms with Crippen LogP contribution in [0.5, 0.6) is 5.75 Å². The van der Waals surface area contributed by atoms with E-state index in [1.54, 1.807) is 31.4 Å². The third kappa shape index (κ3) is 10.6.